The van der Waals surface area contributed by atoms with Gasteiger partial charge in [-0.25, -0.2) is 0 Å². The van der Waals surface area contributed by atoms with Crippen LogP contribution in [0, 0.1) is 0 Å². The second kappa shape index (κ2) is 8.90. The number of nitrogens with zero attached hydrogens (tertiary/aromatic N) is 1. The van der Waals surface area contributed by atoms with Crippen LogP contribution in [0.3, 0.4) is 0 Å². The van der Waals surface area contributed by atoms with Crippen molar-refractivity contribution in [3.8, 4) is 0 Å². The van der Waals surface area contributed by atoms with Crippen LogP contribution < -0.4 is 5.32 Å². The molecule has 2 unspecified atom stereocenters. The summed E-state index contributed by atoms with van der Waals surface area (Å²) in [5.41, 5.74) is 0. The molecular formula is C14H30N2O. The molecule has 0 spiro atoms. The highest BCUT2D eigenvalue weighted by Crippen LogP contribution is 2.11. The van der Waals surface area contributed by atoms with E-state index < -0.39 is 0 Å². The van der Waals surface area contributed by atoms with Gasteiger partial charge in [-0.2, -0.15) is 0 Å². The highest BCUT2D eigenvalue weighted by atomic mass is 16.5. The standard InChI is InChI=1S/C14H30N2O/c1-4-9-15-13(2)7-5-6-10-16(3)14-8-11-17-12-14/h13-15H,4-12H2,1-3H3. The van der Waals surface area contributed by atoms with Gasteiger partial charge in [0.2, 0.25) is 0 Å². The molecule has 0 aromatic heterocycles. The molecule has 3 heteroatoms. The molecule has 1 heterocycles. The Labute approximate surface area is 107 Å². The minimum Gasteiger partial charge on any atom is -0.380 e. The van der Waals surface area contributed by atoms with Gasteiger partial charge >= 0.3 is 0 Å². The lowest BCUT2D eigenvalue weighted by atomic mass is 10.1. The molecule has 17 heavy (non-hydrogen) atoms. The van der Waals surface area contributed by atoms with E-state index in [1.54, 1.807) is 0 Å². The zero-order chi connectivity index (χ0) is 12.5. The second-order valence-corrected chi connectivity index (χ2v) is 5.35. The first-order chi connectivity index (χ1) is 8.24. The summed E-state index contributed by atoms with van der Waals surface area (Å²) in [6.45, 7) is 8.77. The van der Waals surface area contributed by atoms with Crippen molar-refractivity contribution >= 4 is 0 Å². The van der Waals surface area contributed by atoms with E-state index in [4.69, 9.17) is 4.74 Å². The Bertz CT molecular complexity index is 181. The highest BCUT2D eigenvalue weighted by molar-refractivity contribution is 4.73. The third-order valence-corrected chi connectivity index (χ3v) is 3.67. The van der Waals surface area contributed by atoms with Gasteiger partial charge in [-0.05, 0) is 52.7 Å². The Morgan fingerprint density at radius 1 is 1.41 bits per heavy atom. The van der Waals surface area contributed by atoms with Crippen LogP contribution in [-0.4, -0.2) is 50.3 Å². The lowest BCUT2D eigenvalue weighted by Gasteiger charge is -2.23. The van der Waals surface area contributed by atoms with E-state index in [1.165, 1.54) is 38.6 Å². The highest BCUT2D eigenvalue weighted by Gasteiger charge is 2.19. The molecule has 0 saturated carbocycles. The van der Waals surface area contributed by atoms with E-state index in [9.17, 15) is 0 Å². The zero-order valence-corrected chi connectivity index (χ0v) is 11.9. The van der Waals surface area contributed by atoms with Gasteiger partial charge in [0.1, 0.15) is 0 Å². The van der Waals surface area contributed by atoms with Crippen LogP contribution in [0.25, 0.3) is 0 Å². The van der Waals surface area contributed by atoms with Gasteiger partial charge in [-0.1, -0.05) is 13.3 Å². The molecule has 3 nitrogen and oxygen atoms in total. The zero-order valence-electron chi connectivity index (χ0n) is 11.9. The van der Waals surface area contributed by atoms with Crippen LogP contribution in [0.1, 0.15) is 46.0 Å². The van der Waals surface area contributed by atoms with Gasteiger partial charge in [-0.15, -0.1) is 0 Å². The van der Waals surface area contributed by atoms with Crippen LogP contribution in [0.5, 0.6) is 0 Å². The van der Waals surface area contributed by atoms with Gasteiger partial charge in [0, 0.05) is 18.7 Å². The second-order valence-electron chi connectivity index (χ2n) is 5.35. The van der Waals surface area contributed by atoms with E-state index in [-0.39, 0.29) is 0 Å². The molecule has 0 amide bonds. The fraction of sp³-hybridized carbons (Fsp3) is 1.00. The molecule has 1 aliphatic rings. The average molecular weight is 242 g/mol. The lowest BCUT2D eigenvalue weighted by Crippen LogP contribution is -2.33. The molecule has 0 aromatic carbocycles. The maximum atomic E-state index is 5.42. The lowest BCUT2D eigenvalue weighted by molar-refractivity contribution is 0.158. The normalized spacial score (nSPS) is 22.2. The first kappa shape index (κ1) is 14.9. The van der Waals surface area contributed by atoms with Crippen molar-refractivity contribution in [1.82, 2.24) is 10.2 Å². The summed E-state index contributed by atoms with van der Waals surface area (Å²) < 4.78 is 5.42. The maximum absolute atomic E-state index is 5.42. The number of rotatable bonds is 9. The maximum Gasteiger partial charge on any atom is 0.0622 e. The Morgan fingerprint density at radius 2 is 2.24 bits per heavy atom. The summed E-state index contributed by atoms with van der Waals surface area (Å²) in [6.07, 6.45) is 6.38. The molecular weight excluding hydrogens is 212 g/mol. The van der Waals surface area contributed by atoms with Gasteiger partial charge in [0.05, 0.1) is 6.61 Å². The minimum atomic E-state index is 0.672. The quantitative estimate of drug-likeness (QED) is 0.628. The third kappa shape index (κ3) is 6.39. The topological polar surface area (TPSA) is 24.5 Å². The van der Waals surface area contributed by atoms with Crippen molar-refractivity contribution in [3.63, 3.8) is 0 Å². The van der Waals surface area contributed by atoms with Crippen LogP contribution >= 0.6 is 0 Å². The molecule has 2 atom stereocenters. The summed E-state index contributed by atoms with van der Waals surface area (Å²) in [4.78, 5) is 2.47. The van der Waals surface area contributed by atoms with E-state index in [0.29, 0.717) is 12.1 Å². The van der Waals surface area contributed by atoms with E-state index in [1.807, 2.05) is 0 Å². The Balaban J connectivity index is 1.95. The predicted octanol–water partition coefficient (Wildman–Crippen LogP) is 2.27. The number of unbranched alkanes of at least 4 members (excludes halogenated alkanes) is 1. The Hall–Kier alpha value is -0.120. The largest absolute Gasteiger partial charge is 0.380 e. The molecule has 102 valence electrons. The fourth-order valence-corrected chi connectivity index (χ4v) is 2.36. The van der Waals surface area contributed by atoms with Gasteiger partial charge < -0.3 is 15.0 Å². The minimum absolute atomic E-state index is 0.672. The molecule has 1 N–H and O–H groups in total. The molecule has 0 aliphatic carbocycles. The number of hydrogen-bond donors (Lipinski definition) is 1. The van der Waals surface area contributed by atoms with E-state index in [0.717, 1.165) is 19.8 Å². The molecule has 1 aliphatic heterocycles. The smallest absolute Gasteiger partial charge is 0.0622 e. The third-order valence-electron chi connectivity index (χ3n) is 3.67. The molecule has 1 rings (SSSR count). The van der Waals surface area contributed by atoms with Gasteiger partial charge in [0.25, 0.3) is 0 Å². The summed E-state index contributed by atoms with van der Waals surface area (Å²) in [7, 11) is 2.23. The Morgan fingerprint density at radius 3 is 2.88 bits per heavy atom. The van der Waals surface area contributed by atoms with Crippen LogP contribution in [0.15, 0.2) is 0 Å². The molecule has 0 aromatic rings. The SMILES string of the molecule is CCCNC(C)CCCCN(C)C1CCOC1. The number of hydrogen-bond acceptors (Lipinski definition) is 3. The van der Waals surface area contributed by atoms with Crippen molar-refractivity contribution < 1.29 is 4.74 Å². The first-order valence-corrected chi connectivity index (χ1v) is 7.25. The molecule has 1 fully saturated rings. The van der Waals surface area contributed by atoms with Crippen molar-refractivity contribution in [2.45, 2.75) is 58.0 Å². The van der Waals surface area contributed by atoms with Crippen LogP contribution in [0.2, 0.25) is 0 Å². The fourth-order valence-electron chi connectivity index (χ4n) is 2.36. The van der Waals surface area contributed by atoms with E-state index >= 15 is 0 Å². The van der Waals surface area contributed by atoms with Crippen molar-refractivity contribution in [1.29, 1.82) is 0 Å². The molecule has 1 saturated heterocycles. The van der Waals surface area contributed by atoms with Gasteiger partial charge in [-0.3, -0.25) is 0 Å². The number of ether oxygens (including phenoxy) is 1. The van der Waals surface area contributed by atoms with Crippen LogP contribution in [-0.2, 0) is 4.74 Å². The first-order valence-electron chi connectivity index (χ1n) is 7.25. The monoisotopic (exact) mass is 242 g/mol. The van der Waals surface area contributed by atoms with Crippen LogP contribution in [0.4, 0.5) is 0 Å². The molecule has 0 bridgehead atoms. The summed E-state index contributed by atoms with van der Waals surface area (Å²) in [5, 5.41) is 3.54. The summed E-state index contributed by atoms with van der Waals surface area (Å²) in [6, 6.07) is 1.35. The van der Waals surface area contributed by atoms with E-state index in [2.05, 4.69) is 31.1 Å². The predicted molar refractivity (Wildman–Crippen MR) is 73.5 cm³/mol. The average Bonchev–Trinajstić information content (AvgIpc) is 2.85. The summed E-state index contributed by atoms with van der Waals surface area (Å²) in [5.74, 6) is 0. The van der Waals surface area contributed by atoms with Gasteiger partial charge in [0.15, 0.2) is 0 Å². The van der Waals surface area contributed by atoms with Crippen molar-refractivity contribution in [3.05, 3.63) is 0 Å². The number of likely N-dealkylation sites (N-methyl/N-ethyl adjacent to an activating group) is 1. The summed E-state index contributed by atoms with van der Waals surface area (Å²) >= 11 is 0. The van der Waals surface area contributed by atoms with Crippen molar-refractivity contribution in [2.75, 3.05) is 33.4 Å². The Kier molecular flexibility index (Phi) is 7.82. The number of nitrogens with one attached hydrogen (secondary N) is 1. The van der Waals surface area contributed by atoms with Crippen molar-refractivity contribution in [2.24, 2.45) is 0 Å². The molecule has 0 radical (unpaired) electrons.